The van der Waals surface area contributed by atoms with Gasteiger partial charge in [-0.15, -0.1) is 0 Å². The van der Waals surface area contributed by atoms with Crippen LogP contribution in [0.4, 0.5) is 0 Å². The van der Waals surface area contributed by atoms with Crippen molar-refractivity contribution in [3.05, 3.63) is 0 Å². The molecule has 0 aliphatic carbocycles. The Morgan fingerprint density at radius 2 is 1.77 bits per heavy atom. The number of hydrazine groups is 1. The Balaban J connectivity index is 2.44. The van der Waals surface area contributed by atoms with Gasteiger partial charge in [0.2, 0.25) is 0 Å². The Hall–Kier alpha value is -1.14. The number of piperazine rings is 1. The molecule has 13 heavy (non-hydrogen) atoms. The summed E-state index contributed by atoms with van der Waals surface area (Å²) in [5.74, 6) is 3.56. The van der Waals surface area contributed by atoms with Crippen molar-refractivity contribution >= 4 is 11.8 Å². The summed E-state index contributed by atoms with van der Waals surface area (Å²) in [6.45, 7) is 2.76. The van der Waals surface area contributed by atoms with Crippen molar-refractivity contribution in [2.24, 2.45) is 5.84 Å². The average molecular weight is 186 g/mol. The molecule has 74 valence electrons. The van der Waals surface area contributed by atoms with Crippen molar-refractivity contribution in [3.63, 3.8) is 0 Å². The second-order valence-corrected chi connectivity index (χ2v) is 3.07. The molecule has 6 nitrogen and oxygen atoms in total. The van der Waals surface area contributed by atoms with Gasteiger partial charge >= 0.3 is 11.8 Å². The first-order chi connectivity index (χ1) is 6.15. The van der Waals surface area contributed by atoms with Crippen molar-refractivity contribution in [3.8, 4) is 0 Å². The minimum atomic E-state index is -0.746. The SMILES string of the molecule is CN1CCN(C(=O)C(=O)NN)CC1. The molecule has 0 atom stereocenters. The molecule has 1 saturated heterocycles. The molecular formula is C7H14N4O2. The zero-order chi connectivity index (χ0) is 9.84. The van der Waals surface area contributed by atoms with Gasteiger partial charge in [-0.05, 0) is 7.05 Å². The van der Waals surface area contributed by atoms with E-state index in [-0.39, 0.29) is 0 Å². The predicted molar refractivity (Wildman–Crippen MR) is 46.4 cm³/mol. The number of hydrogen-bond donors (Lipinski definition) is 2. The van der Waals surface area contributed by atoms with Gasteiger partial charge in [0.1, 0.15) is 0 Å². The standard InChI is InChI=1S/C7H14N4O2/c1-10-2-4-11(5-3-10)7(13)6(12)9-8/h2-5,8H2,1H3,(H,9,12). The van der Waals surface area contributed by atoms with E-state index >= 15 is 0 Å². The minimum Gasteiger partial charge on any atom is -0.332 e. The zero-order valence-corrected chi connectivity index (χ0v) is 7.62. The van der Waals surface area contributed by atoms with Crippen LogP contribution in [0.3, 0.4) is 0 Å². The van der Waals surface area contributed by atoms with Crippen LogP contribution in [0, 0.1) is 0 Å². The third-order valence-electron chi connectivity index (χ3n) is 2.12. The number of rotatable bonds is 0. The van der Waals surface area contributed by atoms with Gasteiger partial charge in [-0.1, -0.05) is 0 Å². The number of nitrogens with one attached hydrogen (secondary N) is 1. The van der Waals surface area contributed by atoms with Gasteiger partial charge in [-0.25, -0.2) is 5.84 Å². The van der Waals surface area contributed by atoms with Crippen molar-refractivity contribution < 1.29 is 9.59 Å². The molecule has 0 saturated carbocycles. The van der Waals surface area contributed by atoms with Crippen molar-refractivity contribution in [1.29, 1.82) is 0 Å². The maximum Gasteiger partial charge on any atom is 0.323 e. The second-order valence-electron chi connectivity index (χ2n) is 3.07. The van der Waals surface area contributed by atoms with Crippen LogP contribution in [-0.2, 0) is 9.59 Å². The molecule has 0 unspecified atom stereocenters. The van der Waals surface area contributed by atoms with Crippen LogP contribution in [-0.4, -0.2) is 54.8 Å². The maximum atomic E-state index is 11.3. The number of nitrogens with two attached hydrogens (primary N) is 1. The van der Waals surface area contributed by atoms with Crippen LogP contribution < -0.4 is 11.3 Å². The van der Waals surface area contributed by atoms with Crippen molar-refractivity contribution in [1.82, 2.24) is 15.2 Å². The van der Waals surface area contributed by atoms with E-state index in [1.165, 1.54) is 4.90 Å². The van der Waals surface area contributed by atoms with Gasteiger partial charge < -0.3 is 9.80 Å². The summed E-state index contributed by atoms with van der Waals surface area (Å²) >= 11 is 0. The molecule has 0 aromatic rings. The van der Waals surface area contributed by atoms with Crippen LogP contribution in [0.5, 0.6) is 0 Å². The number of hydrogen-bond acceptors (Lipinski definition) is 4. The van der Waals surface area contributed by atoms with E-state index in [0.717, 1.165) is 13.1 Å². The van der Waals surface area contributed by atoms with Gasteiger partial charge in [0, 0.05) is 26.2 Å². The summed E-state index contributed by atoms with van der Waals surface area (Å²) in [5, 5.41) is 0. The predicted octanol–water partition coefficient (Wildman–Crippen LogP) is -2.25. The van der Waals surface area contributed by atoms with Crippen molar-refractivity contribution in [2.75, 3.05) is 33.2 Å². The number of amides is 2. The van der Waals surface area contributed by atoms with Crippen LogP contribution >= 0.6 is 0 Å². The van der Waals surface area contributed by atoms with Crippen LogP contribution in [0.15, 0.2) is 0 Å². The quantitative estimate of drug-likeness (QED) is 0.194. The zero-order valence-electron chi connectivity index (χ0n) is 7.62. The highest BCUT2D eigenvalue weighted by Crippen LogP contribution is 1.98. The molecule has 3 N–H and O–H groups in total. The number of nitrogens with zero attached hydrogens (tertiary/aromatic N) is 2. The summed E-state index contributed by atoms with van der Waals surface area (Å²) in [6, 6.07) is 0. The summed E-state index contributed by atoms with van der Waals surface area (Å²) in [7, 11) is 1.98. The molecule has 0 bridgehead atoms. The Bertz CT molecular complexity index is 211. The topological polar surface area (TPSA) is 78.7 Å². The molecule has 1 fully saturated rings. The molecule has 1 aliphatic heterocycles. The van der Waals surface area contributed by atoms with E-state index in [1.807, 2.05) is 12.5 Å². The van der Waals surface area contributed by atoms with Gasteiger partial charge in [-0.3, -0.25) is 15.0 Å². The number of carbonyl (C=O) groups is 2. The molecule has 0 aromatic carbocycles. The maximum absolute atomic E-state index is 11.3. The van der Waals surface area contributed by atoms with E-state index in [9.17, 15) is 9.59 Å². The largest absolute Gasteiger partial charge is 0.332 e. The molecule has 0 radical (unpaired) electrons. The second kappa shape index (κ2) is 4.20. The van der Waals surface area contributed by atoms with E-state index in [4.69, 9.17) is 5.84 Å². The summed E-state index contributed by atoms with van der Waals surface area (Å²) in [6.07, 6.45) is 0. The van der Waals surface area contributed by atoms with E-state index < -0.39 is 11.8 Å². The Labute approximate surface area is 76.6 Å². The lowest BCUT2D eigenvalue weighted by atomic mass is 10.3. The van der Waals surface area contributed by atoms with Gasteiger partial charge in [0.15, 0.2) is 0 Å². The van der Waals surface area contributed by atoms with E-state index in [0.29, 0.717) is 13.1 Å². The monoisotopic (exact) mass is 186 g/mol. The number of carbonyl (C=O) groups excluding carboxylic acids is 2. The summed E-state index contributed by atoms with van der Waals surface area (Å²) < 4.78 is 0. The first-order valence-electron chi connectivity index (χ1n) is 4.13. The first kappa shape index (κ1) is 9.94. The molecule has 1 heterocycles. The minimum absolute atomic E-state index is 0.546. The van der Waals surface area contributed by atoms with Crippen molar-refractivity contribution in [2.45, 2.75) is 0 Å². The molecule has 1 rings (SSSR count). The fourth-order valence-corrected chi connectivity index (χ4v) is 1.21. The van der Waals surface area contributed by atoms with Gasteiger partial charge in [-0.2, -0.15) is 0 Å². The Kier molecular flexibility index (Phi) is 3.21. The van der Waals surface area contributed by atoms with Crippen LogP contribution in [0.1, 0.15) is 0 Å². The first-order valence-corrected chi connectivity index (χ1v) is 4.13. The lowest BCUT2D eigenvalue weighted by molar-refractivity contribution is -0.146. The molecule has 0 spiro atoms. The molecule has 2 amide bonds. The normalized spacial score (nSPS) is 18.5. The van der Waals surface area contributed by atoms with Gasteiger partial charge in [0.05, 0.1) is 0 Å². The number of likely N-dealkylation sites (N-methyl/N-ethyl adjacent to an activating group) is 1. The fraction of sp³-hybridized carbons (Fsp3) is 0.714. The lowest BCUT2D eigenvalue weighted by Crippen LogP contribution is -2.52. The average Bonchev–Trinajstić information content (AvgIpc) is 2.17. The fourth-order valence-electron chi connectivity index (χ4n) is 1.21. The highest BCUT2D eigenvalue weighted by atomic mass is 16.2. The smallest absolute Gasteiger partial charge is 0.323 e. The molecule has 1 aliphatic rings. The molecule has 6 heteroatoms. The highest BCUT2D eigenvalue weighted by molar-refractivity contribution is 6.34. The summed E-state index contributed by atoms with van der Waals surface area (Å²) in [4.78, 5) is 25.7. The van der Waals surface area contributed by atoms with E-state index in [2.05, 4.69) is 4.90 Å². The third kappa shape index (κ3) is 2.40. The van der Waals surface area contributed by atoms with Crippen LogP contribution in [0.25, 0.3) is 0 Å². The molecule has 0 aromatic heterocycles. The lowest BCUT2D eigenvalue weighted by Gasteiger charge is -2.31. The third-order valence-corrected chi connectivity index (χ3v) is 2.12. The highest BCUT2D eigenvalue weighted by Gasteiger charge is 2.23. The molecular weight excluding hydrogens is 172 g/mol. The Morgan fingerprint density at radius 3 is 2.23 bits per heavy atom. The summed E-state index contributed by atoms with van der Waals surface area (Å²) in [5.41, 5.74) is 1.83. The van der Waals surface area contributed by atoms with Gasteiger partial charge in [0.25, 0.3) is 0 Å². The van der Waals surface area contributed by atoms with Crippen LogP contribution in [0.2, 0.25) is 0 Å². The Morgan fingerprint density at radius 1 is 1.23 bits per heavy atom. The van der Waals surface area contributed by atoms with E-state index in [1.54, 1.807) is 0 Å².